The van der Waals surface area contributed by atoms with Crippen molar-refractivity contribution in [2.24, 2.45) is 0 Å². The van der Waals surface area contributed by atoms with Crippen molar-refractivity contribution in [2.75, 3.05) is 5.32 Å². The smallest absolute Gasteiger partial charge is 0.317 e. The van der Waals surface area contributed by atoms with Crippen molar-refractivity contribution in [3.63, 3.8) is 0 Å². The maximum Gasteiger partial charge on any atom is 0.471 e. The zero-order valence-electron chi connectivity index (χ0n) is 7.33. The lowest BCUT2D eigenvalue weighted by atomic mass is 10.3. The molecule has 1 N–H and O–H groups in total. The summed E-state index contributed by atoms with van der Waals surface area (Å²) < 4.78 is 36.3. The molecule has 0 radical (unpaired) electrons. The fourth-order valence-electron chi connectivity index (χ4n) is 0.816. The summed E-state index contributed by atoms with van der Waals surface area (Å²) in [5.41, 5.74) is -0.197. The van der Waals surface area contributed by atoms with Crippen molar-refractivity contribution < 1.29 is 18.0 Å². The van der Waals surface area contributed by atoms with Gasteiger partial charge in [-0.15, -0.1) is 0 Å². The van der Waals surface area contributed by atoms with Gasteiger partial charge in [0.05, 0.1) is 15.7 Å². The number of benzene rings is 1. The van der Waals surface area contributed by atoms with Crippen LogP contribution in [0.1, 0.15) is 0 Å². The van der Waals surface area contributed by atoms with Gasteiger partial charge in [-0.3, -0.25) is 4.79 Å². The van der Waals surface area contributed by atoms with Crippen LogP contribution in [0.4, 0.5) is 18.9 Å². The van der Waals surface area contributed by atoms with E-state index in [1.54, 1.807) is 5.32 Å². The number of anilines is 1. The first-order valence-electron chi connectivity index (χ1n) is 3.75. The quantitative estimate of drug-likeness (QED) is 0.763. The van der Waals surface area contributed by atoms with Crippen molar-refractivity contribution in [1.29, 1.82) is 0 Å². The Kier molecular flexibility index (Phi) is 4.09. The van der Waals surface area contributed by atoms with E-state index in [0.717, 1.165) is 0 Å². The van der Waals surface area contributed by atoms with Gasteiger partial charge < -0.3 is 5.32 Å². The summed E-state index contributed by atoms with van der Waals surface area (Å²) in [5.74, 6) is -2.10. The highest BCUT2D eigenvalue weighted by atomic mass is 79.9. The molecule has 0 aromatic heterocycles. The van der Waals surface area contributed by atoms with Crippen molar-refractivity contribution >= 4 is 50.7 Å². The minimum atomic E-state index is -4.97. The van der Waals surface area contributed by atoms with E-state index in [9.17, 15) is 18.0 Å². The lowest BCUT2D eigenvalue weighted by Gasteiger charge is -2.10. The summed E-state index contributed by atoms with van der Waals surface area (Å²) in [6.45, 7) is 0. The molecule has 0 bridgehead atoms. The first kappa shape index (κ1) is 13.6. The number of halogens is 6. The molecule has 16 heavy (non-hydrogen) atoms. The van der Waals surface area contributed by atoms with Crippen LogP contribution in [0.2, 0.25) is 10.0 Å². The largest absolute Gasteiger partial charge is 0.471 e. The fourth-order valence-corrected chi connectivity index (χ4v) is 1.64. The van der Waals surface area contributed by atoms with E-state index in [4.69, 9.17) is 23.2 Å². The van der Waals surface area contributed by atoms with Crippen LogP contribution in [0.3, 0.4) is 0 Å². The maximum atomic E-state index is 11.9. The van der Waals surface area contributed by atoms with Crippen LogP contribution in [0.25, 0.3) is 0 Å². The molecular formula is C8H3BrCl2F3NO. The zero-order chi connectivity index (χ0) is 12.5. The Labute approximate surface area is 107 Å². The van der Waals surface area contributed by atoms with Crippen molar-refractivity contribution in [3.8, 4) is 0 Å². The molecule has 1 rings (SSSR count). The molecular weight excluding hydrogens is 334 g/mol. The summed E-state index contributed by atoms with van der Waals surface area (Å²) in [4.78, 5) is 10.6. The van der Waals surface area contributed by atoms with Crippen LogP contribution in [-0.4, -0.2) is 12.1 Å². The van der Waals surface area contributed by atoms with E-state index >= 15 is 0 Å². The van der Waals surface area contributed by atoms with Gasteiger partial charge in [0, 0.05) is 4.47 Å². The average Bonchev–Trinajstić information content (AvgIpc) is 2.17. The number of nitrogens with one attached hydrogen (secondary N) is 1. The molecule has 2 nitrogen and oxygen atoms in total. The highest BCUT2D eigenvalue weighted by Gasteiger charge is 2.39. The van der Waals surface area contributed by atoms with E-state index in [0.29, 0.717) is 4.47 Å². The molecule has 0 atom stereocenters. The van der Waals surface area contributed by atoms with Gasteiger partial charge >= 0.3 is 12.1 Å². The first-order chi connectivity index (χ1) is 7.23. The van der Waals surface area contributed by atoms with E-state index in [-0.39, 0.29) is 15.7 Å². The molecule has 1 aromatic rings. The zero-order valence-corrected chi connectivity index (χ0v) is 10.4. The summed E-state index contributed by atoms with van der Waals surface area (Å²) in [5, 5.41) is 1.49. The predicted molar refractivity (Wildman–Crippen MR) is 58.8 cm³/mol. The molecule has 0 heterocycles. The van der Waals surface area contributed by atoms with Crippen LogP contribution in [0.15, 0.2) is 16.6 Å². The van der Waals surface area contributed by atoms with Gasteiger partial charge in [-0.2, -0.15) is 13.2 Å². The van der Waals surface area contributed by atoms with Gasteiger partial charge in [-0.25, -0.2) is 0 Å². The Morgan fingerprint density at radius 3 is 2.31 bits per heavy atom. The lowest BCUT2D eigenvalue weighted by molar-refractivity contribution is -0.167. The second-order valence-electron chi connectivity index (χ2n) is 2.67. The van der Waals surface area contributed by atoms with E-state index in [1.807, 2.05) is 0 Å². The average molecular weight is 337 g/mol. The highest BCUT2D eigenvalue weighted by molar-refractivity contribution is 9.10. The van der Waals surface area contributed by atoms with E-state index in [1.165, 1.54) is 12.1 Å². The third-order valence-electron chi connectivity index (χ3n) is 1.54. The Morgan fingerprint density at radius 2 is 1.81 bits per heavy atom. The third-order valence-corrected chi connectivity index (χ3v) is 3.31. The molecule has 0 saturated carbocycles. The predicted octanol–water partition coefficient (Wildman–Crippen LogP) is 4.26. The van der Waals surface area contributed by atoms with Crippen molar-refractivity contribution in [1.82, 2.24) is 0 Å². The Hall–Kier alpha value is -0.460. The molecule has 1 amide bonds. The van der Waals surface area contributed by atoms with Crippen LogP contribution in [-0.2, 0) is 4.79 Å². The second-order valence-corrected chi connectivity index (χ2v) is 4.29. The number of rotatable bonds is 1. The summed E-state index contributed by atoms with van der Waals surface area (Å²) in [6, 6.07) is 2.59. The molecule has 0 fully saturated rings. The summed E-state index contributed by atoms with van der Waals surface area (Å²) >= 11 is 14.4. The number of alkyl halides is 3. The Bertz CT molecular complexity index is 436. The Morgan fingerprint density at radius 1 is 1.25 bits per heavy atom. The molecule has 0 aliphatic heterocycles. The van der Waals surface area contributed by atoms with E-state index in [2.05, 4.69) is 15.9 Å². The lowest BCUT2D eigenvalue weighted by Crippen LogP contribution is -2.30. The third kappa shape index (κ3) is 3.02. The topological polar surface area (TPSA) is 29.1 Å². The van der Waals surface area contributed by atoms with Gasteiger partial charge in [-0.1, -0.05) is 23.2 Å². The van der Waals surface area contributed by atoms with Crippen LogP contribution < -0.4 is 5.32 Å². The molecule has 0 unspecified atom stereocenters. The number of hydrogen-bond donors (Lipinski definition) is 1. The summed E-state index contributed by atoms with van der Waals surface area (Å²) in [7, 11) is 0. The molecule has 0 aliphatic rings. The van der Waals surface area contributed by atoms with Gasteiger partial charge in [0.1, 0.15) is 0 Å². The van der Waals surface area contributed by atoms with Gasteiger partial charge in [0.2, 0.25) is 0 Å². The first-order valence-corrected chi connectivity index (χ1v) is 5.30. The maximum absolute atomic E-state index is 11.9. The van der Waals surface area contributed by atoms with E-state index < -0.39 is 12.1 Å². The molecule has 0 spiro atoms. The molecule has 0 saturated heterocycles. The normalized spacial score (nSPS) is 11.4. The number of amides is 1. The minimum Gasteiger partial charge on any atom is -0.317 e. The second kappa shape index (κ2) is 4.81. The van der Waals surface area contributed by atoms with Crippen molar-refractivity contribution in [2.45, 2.75) is 6.18 Å². The Balaban J connectivity index is 3.00. The highest BCUT2D eigenvalue weighted by Crippen LogP contribution is 2.36. The minimum absolute atomic E-state index is 0.0293. The molecule has 1 aromatic carbocycles. The van der Waals surface area contributed by atoms with Crippen LogP contribution >= 0.6 is 39.1 Å². The monoisotopic (exact) mass is 335 g/mol. The van der Waals surface area contributed by atoms with Crippen molar-refractivity contribution in [3.05, 3.63) is 26.7 Å². The van der Waals surface area contributed by atoms with Crippen LogP contribution in [0.5, 0.6) is 0 Å². The van der Waals surface area contributed by atoms with Crippen LogP contribution in [0, 0.1) is 0 Å². The standard InChI is InChI=1S/C8H3BrCl2F3NO/c9-3-1-2-4(6(11)5(3)10)15-7(16)8(12,13)14/h1-2H,(H,15,16). The molecule has 88 valence electrons. The summed E-state index contributed by atoms with van der Waals surface area (Å²) in [6.07, 6.45) is -4.97. The number of hydrogen-bond acceptors (Lipinski definition) is 1. The number of carbonyl (C=O) groups is 1. The molecule has 0 aliphatic carbocycles. The SMILES string of the molecule is O=C(Nc1ccc(Br)c(Cl)c1Cl)C(F)(F)F. The fraction of sp³-hybridized carbons (Fsp3) is 0.125. The van der Waals surface area contributed by atoms with Gasteiger partial charge in [0.25, 0.3) is 0 Å². The van der Waals surface area contributed by atoms with Gasteiger partial charge in [-0.05, 0) is 28.1 Å². The molecule has 8 heteroatoms. The van der Waals surface area contributed by atoms with Gasteiger partial charge in [0.15, 0.2) is 0 Å². The number of carbonyl (C=O) groups excluding carboxylic acids is 1.